The van der Waals surface area contributed by atoms with E-state index in [0.717, 1.165) is 5.69 Å². The summed E-state index contributed by atoms with van der Waals surface area (Å²) >= 11 is 0. The van der Waals surface area contributed by atoms with Crippen LogP contribution in [-0.2, 0) is 14.3 Å². The summed E-state index contributed by atoms with van der Waals surface area (Å²) in [4.78, 5) is 24.4. The molecule has 1 aliphatic rings. The number of amides is 1. The second-order valence-electron chi connectivity index (χ2n) is 4.31. The van der Waals surface area contributed by atoms with Crippen molar-refractivity contribution in [2.75, 3.05) is 31.0 Å². The van der Waals surface area contributed by atoms with Crippen LogP contribution in [0.1, 0.15) is 6.92 Å². The number of methoxy groups -OCH3 is 1. The van der Waals surface area contributed by atoms with E-state index in [9.17, 15) is 9.59 Å². The largest absolute Gasteiger partial charge is 0.481 e. The Morgan fingerprint density at radius 1 is 1.53 bits per heavy atom. The number of likely N-dealkylation sites (N-methyl/N-ethyl adjacent to an activating group) is 1. The van der Waals surface area contributed by atoms with Crippen LogP contribution < -0.4 is 15.0 Å². The Kier molecular flexibility index (Phi) is 3.59. The van der Waals surface area contributed by atoms with E-state index < -0.39 is 6.04 Å². The quantitative estimate of drug-likeness (QED) is 0.825. The molecule has 19 heavy (non-hydrogen) atoms. The van der Waals surface area contributed by atoms with Crippen molar-refractivity contribution in [2.24, 2.45) is 0 Å². The first-order valence-electron chi connectivity index (χ1n) is 5.90. The molecule has 0 radical (unpaired) electrons. The number of nitrogens with one attached hydrogen (secondary N) is 1. The Morgan fingerprint density at radius 2 is 2.26 bits per heavy atom. The Morgan fingerprint density at radius 3 is 2.95 bits per heavy atom. The van der Waals surface area contributed by atoms with Crippen molar-refractivity contribution in [3.05, 3.63) is 18.2 Å². The minimum Gasteiger partial charge on any atom is -0.481 e. The van der Waals surface area contributed by atoms with Crippen molar-refractivity contribution in [1.82, 2.24) is 0 Å². The summed E-state index contributed by atoms with van der Waals surface area (Å²) in [5, 5.41) is 3.01. The van der Waals surface area contributed by atoms with Gasteiger partial charge in [-0.15, -0.1) is 0 Å². The number of anilines is 2. The van der Waals surface area contributed by atoms with Gasteiger partial charge in [0.1, 0.15) is 11.8 Å². The van der Waals surface area contributed by atoms with Crippen molar-refractivity contribution in [2.45, 2.75) is 13.0 Å². The molecule has 0 aromatic heterocycles. The van der Waals surface area contributed by atoms with Crippen LogP contribution in [-0.4, -0.2) is 38.7 Å². The Balaban J connectivity index is 2.18. The number of nitrogens with zero attached hydrogens (tertiary/aromatic N) is 1. The van der Waals surface area contributed by atoms with Crippen molar-refractivity contribution >= 4 is 23.3 Å². The Labute approximate surface area is 111 Å². The molecule has 0 aliphatic carbocycles. The van der Waals surface area contributed by atoms with Gasteiger partial charge in [-0.1, -0.05) is 0 Å². The summed E-state index contributed by atoms with van der Waals surface area (Å²) < 4.78 is 10.0. The number of hydrogen-bond acceptors (Lipinski definition) is 5. The van der Waals surface area contributed by atoms with Crippen molar-refractivity contribution in [3.63, 3.8) is 0 Å². The number of hydrogen-bond donors (Lipinski definition) is 1. The van der Waals surface area contributed by atoms with Gasteiger partial charge in [0.2, 0.25) is 0 Å². The molecule has 6 heteroatoms. The van der Waals surface area contributed by atoms with E-state index in [1.165, 1.54) is 7.11 Å². The van der Waals surface area contributed by atoms with Crippen LogP contribution in [0.4, 0.5) is 11.4 Å². The monoisotopic (exact) mass is 264 g/mol. The molecule has 102 valence electrons. The molecule has 1 atom stereocenters. The fourth-order valence-electron chi connectivity index (χ4n) is 1.85. The summed E-state index contributed by atoms with van der Waals surface area (Å²) in [7, 11) is 3.05. The molecule has 1 N–H and O–H groups in total. The molecule has 1 amide bonds. The third-order valence-corrected chi connectivity index (χ3v) is 2.98. The van der Waals surface area contributed by atoms with E-state index in [0.29, 0.717) is 11.4 Å². The maximum absolute atomic E-state index is 11.5. The fraction of sp³-hybridized carbons (Fsp3) is 0.385. The first-order valence-corrected chi connectivity index (χ1v) is 5.90. The van der Waals surface area contributed by atoms with Crippen molar-refractivity contribution < 1.29 is 19.1 Å². The molecule has 1 aliphatic heterocycles. The molecule has 2 rings (SSSR count). The van der Waals surface area contributed by atoms with E-state index in [1.54, 1.807) is 37.1 Å². The van der Waals surface area contributed by atoms with Crippen molar-refractivity contribution in [1.29, 1.82) is 0 Å². The minimum absolute atomic E-state index is 0.0273. The lowest BCUT2D eigenvalue weighted by atomic mass is 10.2. The van der Waals surface area contributed by atoms with Crippen LogP contribution in [0.2, 0.25) is 0 Å². The summed E-state index contributed by atoms with van der Waals surface area (Å²) in [5.41, 5.74) is 1.45. The number of esters is 1. The highest BCUT2D eigenvalue weighted by molar-refractivity contribution is 5.97. The molecule has 0 spiro atoms. The highest BCUT2D eigenvalue weighted by Gasteiger charge is 2.22. The highest BCUT2D eigenvalue weighted by atomic mass is 16.5. The smallest absolute Gasteiger partial charge is 0.327 e. The zero-order chi connectivity index (χ0) is 14.0. The third-order valence-electron chi connectivity index (χ3n) is 2.98. The minimum atomic E-state index is -0.453. The Hall–Kier alpha value is -2.24. The summed E-state index contributed by atoms with van der Waals surface area (Å²) in [6.45, 7) is 1.74. The standard InChI is InChI=1S/C13H16N2O4/c1-8(13(17)18-3)14-9-4-5-10-11(6-9)19-7-12(16)15(10)2/h4-6,8,14H,7H2,1-3H3. The number of carbonyl (C=O) groups excluding carboxylic acids is 2. The molecule has 1 heterocycles. The number of benzene rings is 1. The van der Waals surface area contributed by atoms with Gasteiger partial charge in [-0.3, -0.25) is 4.79 Å². The first kappa shape index (κ1) is 13.2. The second-order valence-corrected chi connectivity index (χ2v) is 4.31. The van der Waals surface area contributed by atoms with Gasteiger partial charge in [-0.2, -0.15) is 0 Å². The van der Waals surface area contributed by atoms with Crippen LogP contribution >= 0.6 is 0 Å². The van der Waals surface area contributed by atoms with E-state index >= 15 is 0 Å². The highest BCUT2D eigenvalue weighted by Crippen LogP contribution is 2.33. The predicted octanol–water partition coefficient (Wildman–Crippen LogP) is 1.02. The molecular formula is C13H16N2O4. The third kappa shape index (κ3) is 2.62. The lowest BCUT2D eigenvalue weighted by Crippen LogP contribution is -2.35. The van der Waals surface area contributed by atoms with Gasteiger partial charge in [0.05, 0.1) is 12.8 Å². The van der Waals surface area contributed by atoms with E-state index in [4.69, 9.17) is 4.74 Å². The van der Waals surface area contributed by atoms with Gasteiger partial charge in [0.15, 0.2) is 6.61 Å². The topological polar surface area (TPSA) is 67.9 Å². The normalized spacial score (nSPS) is 15.3. The first-order chi connectivity index (χ1) is 9.02. The van der Waals surface area contributed by atoms with Gasteiger partial charge in [-0.05, 0) is 19.1 Å². The summed E-state index contributed by atoms with van der Waals surface area (Å²) in [6.07, 6.45) is 0. The Bertz CT molecular complexity index is 515. The molecule has 1 aromatic carbocycles. The molecule has 6 nitrogen and oxygen atoms in total. The van der Waals surface area contributed by atoms with Gasteiger partial charge >= 0.3 is 5.97 Å². The van der Waals surface area contributed by atoms with Crippen molar-refractivity contribution in [3.8, 4) is 5.75 Å². The number of rotatable bonds is 3. The maximum Gasteiger partial charge on any atom is 0.327 e. The average molecular weight is 264 g/mol. The molecule has 0 saturated carbocycles. The van der Waals surface area contributed by atoms with E-state index in [-0.39, 0.29) is 18.5 Å². The molecular weight excluding hydrogens is 248 g/mol. The SMILES string of the molecule is COC(=O)C(C)Nc1ccc2c(c1)OCC(=O)N2C. The van der Waals surface area contributed by atoms with Crippen LogP contribution in [0.3, 0.4) is 0 Å². The molecule has 0 saturated heterocycles. The van der Waals surface area contributed by atoms with Gasteiger partial charge in [0, 0.05) is 18.8 Å². The molecule has 0 bridgehead atoms. The molecule has 0 fully saturated rings. The lowest BCUT2D eigenvalue weighted by molar-refractivity contribution is -0.141. The summed E-state index contributed by atoms with van der Waals surface area (Å²) in [5.74, 6) is 0.186. The number of carbonyl (C=O) groups is 2. The maximum atomic E-state index is 11.5. The van der Waals surface area contributed by atoms with Crippen LogP contribution in [0, 0.1) is 0 Å². The van der Waals surface area contributed by atoms with Gasteiger partial charge in [-0.25, -0.2) is 4.79 Å². The molecule has 1 aromatic rings. The van der Waals surface area contributed by atoms with Crippen LogP contribution in [0.25, 0.3) is 0 Å². The van der Waals surface area contributed by atoms with Crippen LogP contribution in [0.15, 0.2) is 18.2 Å². The molecule has 1 unspecified atom stereocenters. The summed E-state index contributed by atoms with van der Waals surface area (Å²) in [6, 6.07) is 4.87. The van der Waals surface area contributed by atoms with Gasteiger partial charge < -0.3 is 19.7 Å². The zero-order valence-electron chi connectivity index (χ0n) is 11.1. The number of fused-ring (bicyclic) bond motifs is 1. The average Bonchev–Trinajstić information content (AvgIpc) is 2.42. The van der Waals surface area contributed by atoms with Gasteiger partial charge in [0.25, 0.3) is 5.91 Å². The van der Waals surface area contributed by atoms with E-state index in [2.05, 4.69) is 10.1 Å². The fourth-order valence-corrected chi connectivity index (χ4v) is 1.85. The predicted molar refractivity (Wildman–Crippen MR) is 70.4 cm³/mol. The number of ether oxygens (including phenoxy) is 2. The van der Waals surface area contributed by atoms with E-state index in [1.807, 2.05) is 0 Å². The van der Waals surface area contributed by atoms with Crippen LogP contribution in [0.5, 0.6) is 5.75 Å². The zero-order valence-corrected chi connectivity index (χ0v) is 11.1. The lowest BCUT2D eigenvalue weighted by Gasteiger charge is -2.26. The second kappa shape index (κ2) is 5.17.